The molecule has 2 fully saturated rings. The first kappa shape index (κ1) is 12.7. The van der Waals surface area contributed by atoms with Gasteiger partial charge in [-0.05, 0) is 46.0 Å². The van der Waals surface area contributed by atoms with Crippen molar-refractivity contribution in [3.05, 3.63) is 0 Å². The average molecular weight is 241 g/mol. The molecule has 2 atom stereocenters. The molecule has 1 aliphatic heterocycles. The van der Waals surface area contributed by atoms with Gasteiger partial charge in [0.15, 0.2) is 0 Å². The number of β-amino-alcohol motifs (C(OH)–C–C–N with tert-alkyl or cyclic N) is 1. The van der Waals surface area contributed by atoms with E-state index >= 15 is 0 Å². The number of carbonyl (C=O) groups is 1. The molecule has 98 valence electrons. The maximum atomic E-state index is 12.1. The average Bonchev–Trinajstić information content (AvgIpc) is 2.41. The number of rotatable bonds is 1. The lowest BCUT2D eigenvalue weighted by Crippen LogP contribution is -2.44. The molecule has 4 heteroatoms. The van der Waals surface area contributed by atoms with E-state index in [1.165, 1.54) is 19.3 Å². The number of aliphatic hydroxyl groups is 1. The highest BCUT2D eigenvalue weighted by atomic mass is 16.6. The van der Waals surface area contributed by atoms with Crippen molar-refractivity contribution in [1.82, 2.24) is 4.90 Å². The fourth-order valence-corrected chi connectivity index (χ4v) is 2.64. The first-order valence-electron chi connectivity index (χ1n) is 6.54. The highest BCUT2D eigenvalue weighted by Gasteiger charge is 2.42. The van der Waals surface area contributed by atoms with Crippen molar-refractivity contribution >= 4 is 6.09 Å². The van der Waals surface area contributed by atoms with Gasteiger partial charge in [0.1, 0.15) is 5.60 Å². The van der Waals surface area contributed by atoms with Crippen LogP contribution in [0, 0.1) is 5.92 Å². The summed E-state index contributed by atoms with van der Waals surface area (Å²) < 4.78 is 5.39. The van der Waals surface area contributed by atoms with Crippen molar-refractivity contribution < 1.29 is 14.6 Å². The summed E-state index contributed by atoms with van der Waals surface area (Å²) in [6.07, 6.45) is 3.66. The third kappa shape index (κ3) is 2.92. The van der Waals surface area contributed by atoms with E-state index in [1.54, 1.807) is 4.90 Å². The van der Waals surface area contributed by atoms with Crippen LogP contribution in [0.4, 0.5) is 4.79 Å². The number of nitrogens with zero attached hydrogens (tertiary/aromatic N) is 1. The molecule has 17 heavy (non-hydrogen) atoms. The molecule has 2 aliphatic rings. The Bertz CT molecular complexity index is 294. The molecule has 1 aliphatic carbocycles. The van der Waals surface area contributed by atoms with Crippen LogP contribution in [0.2, 0.25) is 0 Å². The van der Waals surface area contributed by atoms with Gasteiger partial charge in [0, 0.05) is 6.04 Å². The molecular formula is C13H23NO3. The summed E-state index contributed by atoms with van der Waals surface area (Å²) in [7, 11) is 0. The number of likely N-dealkylation sites (tertiary alicyclic amines) is 1. The second-order valence-electron chi connectivity index (χ2n) is 6.28. The van der Waals surface area contributed by atoms with E-state index in [-0.39, 0.29) is 18.2 Å². The molecule has 0 aromatic rings. The summed E-state index contributed by atoms with van der Waals surface area (Å²) in [6, 6.07) is 0.189. The maximum Gasteiger partial charge on any atom is 0.410 e. The third-order valence-electron chi connectivity index (χ3n) is 3.64. The zero-order chi connectivity index (χ0) is 12.6. The molecule has 0 aromatic carbocycles. The first-order chi connectivity index (χ1) is 7.87. The summed E-state index contributed by atoms with van der Waals surface area (Å²) in [5.74, 6) is 0.569. The van der Waals surface area contributed by atoms with E-state index in [9.17, 15) is 9.90 Å². The topological polar surface area (TPSA) is 49.8 Å². The van der Waals surface area contributed by atoms with Crippen molar-refractivity contribution in [2.45, 2.75) is 64.2 Å². The Morgan fingerprint density at radius 1 is 1.35 bits per heavy atom. The van der Waals surface area contributed by atoms with Gasteiger partial charge in [-0.25, -0.2) is 4.79 Å². The predicted octanol–water partition coefficient (Wildman–Crippen LogP) is 2.16. The van der Waals surface area contributed by atoms with Crippen molar-refractivity contribution in [2.75, 3.05) is 6.54 Å². The molecule has 1 saturated carbocycles. The Hall–Kier alpha value is -0.770. The van der Waals surface area contributed by atoms with Gasteiger partial charge < -0.3 is 14.7 Å². The normalized spacial score (nSPS) is 30.2. The van der Waals surface area contributed by atoms with E-state index < -0.39 is 5.60 Å². The first-order valence-corrected chi connectivity index (χ1v) is 6.54. The predicted molar refractivity (Wildman–Crippen MR) is 64.7 cm³/mol. The van der Waals surface area contributed by atoms with Crippen LogP contribution in [0.15, 0.2) is 0 Å². The van der Waals surface area contributed by atoms with Gasteiger partial charge >= 0.3 is 6.09 Å². The molecule has 1 amide bonds. The minimum Gasteiger partial charge on any atom is -0.444 e. The molecule has 2 unspecified atom stereocenters. The number of carbonyl (C=O) groups excluding carboxylic acids is 1. The molecule has 0 aromatic heterocycles. The van der Waals surface area contributed by atoms with Gasteiger partial charge in [-0.2, -0.15) is 0 Å². The van der Waals surface area contributed by atoms with Crippen LogP contribution in [0.3, 0.4) is 0 Å². The quantitative estimate of drug-likeness (QED) is 0.765. The van der Waals surface area contributed by atoms with Gasteiger partial charge in [0.25, 0.3) is 0 Å². The minimum atomic E-state index is -0.464. The van der Waals surface area contributed by atoms with Crippen LogP contribution in [-0.4, -0.2) is 40.4 Å². The zero-order valence-corrected chi connectivity index (χ0v) is 11.0. The van der Waals surface area contributed by atoms with Crippen LogP contribution in [0.5, 0.6) is 0 Å². The van der Waals surface area contributed by atoms with Crippen LogP contribution >= 0.6 is 0 Å². The van der Waals surface area contributed by atoms with Crippen LogP contribution in [0.1, 0.15) is 46.5 Å². The van der Waals surface area contributed by atoms with Gasteiger partial charge in [0.2, 0.25) is 0 Å². The summed E-state index contributed by atoms with van der Waals surface area (Å²) in [6.45, 7) is 6.04. The number of aliphatic hydroxyl groups excluding tert-OH is 1. The Labute approximate surface area is 103 Å². The van der Waals surface area contributed by atoms with Crippen molar-refractivity contribution in [1.29, 1.82) is 0 Å². The second kappa shape index (κ2) is 4.48. The van der Waals surface area contributed by atoms with E-state index in [0.717, 1.165) is 0 Å². The number of hydrogen-bond donors (Lipinski definition) is 1. The lowest BCUT2D eigenvalue weighted by Gasteiger charge is -2.37. The monoisotopic (exact) mass is 241 g/mol. The molecule has 0 bridgehead atoms. The number of hydrogen-bond acceptors (Lipinski definition) is 3. The van der Waals surface area contributed by atoms with E-state index in [0.29, 0.717) is 18.9 Å². The Morgan fingerprint density at radius 3 is 2.47 bits per heavy atom. The summed E-state index contributed by atoms with van der Waals surface area (Å²) in [5.41, 5.74) is -0.464. The summed E-state index contributed by atoms with van der Waals surface area (Å²) in [4.78, 5) is 13.8. The Kier molecular flexibility index (Phi) is 3.34. The fourth-order valence-electron chi connectivity index (χ4n) is 2.64. The minimum absolute atomic E-state index is 0.189. The van der Waals surface area contributed by atoms with Crippen molar-refractivity contribution in [2.24, 2.45) is 5.92 Å². The molecule has 1 heterocycles. The van der Waals surface area contributed by atoms with Crippen molar-refractivity contribution in [3.63, 3.8) is 0 Å². The largest absolute Gasteiger partial charge is 0.444 e. The smallest absolute Gasteiger partial charge is 0.410 e. The highest BCUT2D eigenvalue weighted by Crippen LogP contribution is 2.37. The molecule has 2 rings (SSSR count). The molecule has 1 saturated heterocycles. The van der Waals surface area contributed by atoms with Gasteiger partial charge in [-0.15, -0.1) is 0 Å². The van der Waals surface area contributed by atoms with Crippen LogP contribution in [0.25, 0.3) is 0 Å². The molecular weight excluding hydrogens is 218 g/mol. The molecule has 1 N–H and O–H groups in total. The van der Waals surface area contributed by atoms with E-state index in [1.807, 2.05) is 20.8 Å². The maximum absolute atomic E-state index is 12.1. The zero-order valence-electron chi connectivity index (χ0n) is 11.0. The fraction of sp³-hybridized carbons (Fsp3) is 0.923. The Morgan fingerprint density at radius 2 is 2.00 bits per heavy atom. The number of ether oxygens (including phenoxy) is 1. The lowest BCUT2D eigenvalue weighted by atomic mass is 9.79. The van der Waals surface area contributed by atoms with Crippen molar-refractivity contribution in [3.8, 4) is 0 Å². The van der Waals surface area contributed by atoms with Crippen LogP contribution in [-0.2, 0) is 4.74 Å². The molecule has 0 radical (unpaired) electrons. The van der Waals surface area contributed by atoms with Crippen LogP contribution < -0.4 is 0 Å². The van der Waals surface area contributed by atoms with E-state index in [4.69, 9.17) is 4.74 Å². The lowest BCUT2D eigenvalue weighted by molar-refractivity contribution is 0.0119. The van der Waals surface area contributed by atoms with Gasteiger partial charge in [0.05, 0.1) is 12.6 Å². The molecule has 4 nitrogen and oxygen atoms in total. The SMILES string of the molecule is CC(C)(C)OC(=O)N1CC(O)CC1C1CCC1. The molecule has 0 spiro atoms. The number of amides is 1. The van der Waals surface area contributed by atoms with Gasteiger partial charge in [-0.3, -0.25) is 0 Å². The second-order valence-corrected chi connectivity index (χ2v) is 6.28. The standard InChI is InChI=1S/C13H23NO3/c1-13(2,3)17-12(16)14-8-10(15)7-11(14)9-5-4-6-9/h9-11,15H,4-8H2,1-3H3. The van der Waals surface area contributed by atoms with Gasteiger partial charge in [-0.1, -0.05) is 6.42 Å². The third-order valence-corrected chi connectivity index (χ3v) is 3.64. The summed E-state index contributed by atoms with van der Waals surface area (Å²) >= 11 is 0. The Balaban J connectivity index is 1.99. The van der Waals surface area contributed by atoms with E-state index in [2.05, 4.69) is 0 Å². The summed E-state index contributed by atoms with van der Waals surface area (Å²) in [5, 5.41) is 9.74. The highest BCUT2D eigenvalue weighted by molar-refractivity contribution is 5.69.